The Kier molecular flexibility index (Phi) is 3.66. The number of aromatic nitrogens is 1. The number of hydrogen-bond donors (Lipinski definition) is 0. The molecule has 7 heteroatoms. The van der Waals surface area contributed by atoms with Gasteiger partial charge in [0, 0.05) is 6.20 Å². The molecule has 0 fully saturated rings. The standard InChI is InChI=1S/C13H5F5N2/c14-8-7(9(15)11(17)12(18)10(8)16)13-6(3-4-19)2-1-5-20-13/h1-2,5H,3H2. The number of nitrogens with zero attached hydrogens (tertiary/aromatic N) is 2. The maximum atomic E-state index is 13.7. The molecule has 0 bridgehead atoms. The monoisotopic (exact) mass is 284 g/mol. The number of hydrogen-bond acceptors (Lipinski definition) is 2. The van der Waals surface area contributed by atoms with Crippen molar-refractivity contribution in [3.63, 3.8) is 0 Å². The summed E-state index contributed by atoms with van der Waals surface area (Å²) in [5, 5.41) is 8.61. The largest absolute Gasteiger partial charge is 0.256 e. The first-order valence-electron chi connectivity index (χ1n) is 5.31. The van der Waals surface area contributed by atoms with E-state index < -0.39 is 40.3 Å². The van der Waals surface area contributed by atoms with Crippen LogP contribution in [0.4, 0.5) is 22.0 Å². The Morgan fingerprint density at radius 1 is 0.950 bits per heavy atom. The van der Waals surface area contributed by atoms with Crippen molar-refractivity contribution in [3.05, 3.63) is 53.0 Å². The number of halogens is 5. The average molecular weight is 284 g/mol. The number of rotatable bonds is 2. The van der Waals surface area contributed by atoms with Crippen LogP contribution in [0.2, 0.25) is 0 Å². The molecule has 0 amide bonds. The Labute approximate surface area is 110 Å². The fourth-order valence-electron chi connectivity index (χ4n) is 1.70. The van der Waals surface area contributed by atoms with Crippen molar-refractivity contribution in [2.75, 3.05) is 0 Å². The van der Waals surface area contributed by atoms with E-state index in [0.29, 0.717) is 0 Å². The van der Waals surface area contributed by atoms with E-state index in [0.717, 1.165) is 6.20 Å². The molecule has 0 N–H and O–H groups in total. The summed E-state index contributed by atoms with van der Waals surface area (Å²) in [5.41, 5.74) is -1.51. The van der Waals surface area contributed by atoms with Crippen molar-refractivity contribution >= 4 is 0 Å². The van der Waals surface area contributed by atoms with E-state index in [1.807, 2.05) is 0 Å². The fourth-order valence-corrected chi connectivity index (χ4v) is 1.70. The second kappa shape index (κ2) is 5.25. The molecule has 0 saturated carbocycles. The highest BCUT2D eigenvalue weighted by Gasteiger charge is 2.28. The average Bonchev–Trinajstić information content (AvgIpc) is 2.45. The zero-order valence-corrected chi connectivity index (χ0v) is 9.72. The van der Waals surface area contributed by atoms with E-state index in [2.05, 4.69) is 4.98 Å². The van der Waals surface area contributed by atoms with Gasteiger partial charge in [0.25, 0.3) is 0 Å². The molecule has 0 aliphatic heterocycles. The third-order valence-electron chi connectivity index (χ3n) is 2.61. The Hall–Kier alpha value is -2.49. The van der Waals surface area contributed by atoms with Gasteiger partial charge in [-0.15, -0.1) is 0 Å². The molecular weight excluding hydrogens is 279 g/mol. The van der Waals surface area contributed by atoms with Crippen molar-refractivity contribution in [2.24, 2.45) is 0 Å². The maximum absolute atomic E-state index is 13.7. The molecule has 20 heavy (non-hydrogen) atoms. The normalized spacial score (nSPS) is 10.4. The summed E-state index contributed by atoms with van der Waals surface area (Å²) in [4.78, 5) is 3.61. The molecule has 1 aromatic carbocycles. The first kappa shape index (κ1) is 13.9. The van der Waals surface area contributed by atoms with Gasteiger partial charge in [0.05, 0.1) is 23.7 Å². The molecule has 1 aromatic heterocycles. The van der Waals surface area contributed by atoms with Crippen LogP contribution in [0.15, 0.2) is 18.3 Å². The van der Waals surface area contributed by atoms with Gasteiger partial charge in [-0.3, -0.25) is 4.98 Å². The van der Waals surface area contributed by atoms with Crippen molar-refractivity contribution in [1.29, 1.82) is 5.26 Å². The summed E-state index contributed by atoms with van der Waals surface area (Å²) in [6.07, 6.45) is 0.858. The van der Waals surface area contributed by atoms with Crippen molar-refractivity contribution in [2.45, 2.75) is 6.42 Å². The van der Waals surface area contributed by atoms with Gasteiger partial charge in [-0.25, -0.2) is 22.0 Å². The quantitative estimate of drug-likeness (QED) is 0.480. The number of pyridine rings is 1. The summed E-state index contributed by atoms with van der Waals surface area (Å²) in [5.74, 6) is -10.3. The predicted molar refractivity (Wildman–Crippen MR) is 58.8 cm³/mol. The highest BCUT2D eigenvalue weighted by atomic mass is 19.2. The van der Waals surface area contributed by atoms with Gasteiger partial charge in [0.2, 0.25) is 5.82 Å². The molecule has 1 heterocycles. The lowest BCUT2D eigenvalue weighted by Gasteiger charge is -2.10. The van der Waals surface area contributed by atoms with Crippen LogP contribution in [0.5, 0.6) is 0 Å². The minimum absolute atomic E-state index is 0.0678. The Balaban J connectivity index is 2.81. The van der Waals surface area contributed by atoms with Crippen LogP contribution in [0.25, 0.3) is 11.3 Å². The van der Waals surface area contributed by atoms with Crippen LogP contribution in [0.1, 0.15) is 5.56 Å². The summed E-state index contributed by atoms with van der Waals surface area (Å²) >= 11 is 0. The Bertz CT molecular complexity index is 692. The smallest absolute Gasteiger partial charge is 0.200 e. The van der Waals surface area contributed by atoms with Crippen molar-refractivity contribution < 1.29 is 22.0 Å². The topological polar surface area (TPSA) is 36.7 Å². The van der Waals surface area contributed by atoms with E-state index >= 15 is 0 Å². The van der Waals surface area contributed by atoms with Gasteiger partial charge in [-0.2, -0.15) is 5.26 Å². The Morgan fingerprint density at radius 2 is 1.50 bits per heavy atom. The van der Waals surface area contributed by atoms with Gasteiger partial charge in [0.1, 0.15) is 0 Å². The SMILES string of the molecule is N#CCc1cccnc1-c1c(F)c(F)c(F)c(F)c1F. The summed E-state index contributed by atoms with van der Waals surface area (Å²) < 4.78 is 66.6. The van der Waals surface area contributed by atoms with Gasteiger partial charge in [0.15, 0.2) is 23.3 Å². The Morgan fingerprint density at radius 3 is 2.05 bits per heavy atom. The molecular formula is C13H5F5N2. The van der Waals surface area contributed by atoms with Gasteiger partial charge in [-0.1, -0.05) is 6.07 Å². The van der Waals surface area contributed by atoms with E-state index in [1.54, 1.807) is 6.07 Å². The first-order valence-corrected chi connectivity index (χ1v) is 5.31. The third kappa shape index (κ3) is 2.09. The molecule has 0 saturated heterocycles. The van der Waals surface area contributed by atoms with E-state index in [1.165, 1.54) is 12.1 Å². The highest BCUT2D eigenvalue weighted by Crippen LogP contribution is 2.32. The molecule has 2 nitrogen and oxygen atoms in total. The third-order valence-corrected chi connectivity index (χ3v) is 2.61. The molecule has 102 valence electrons. The molecule has 0 radical (unpaired) electrons. The highest BCUT2D eigenvalue weighted by molar-refractivity contribution is 5.65. The first-order chi connectivity index (χ1) is 9.49. The lowest BCUT2D eigenvalue weighted by molar-refractivity contribution is 0.381. The van der Waals surface area contributed by atoms with Crippen LogP contribution < -0.4 is 0 Å². The summed E-state index contributed by atoms with van der Waals surface area (Å²) in [6, 6.07) is 4.44. The second-order valence-electron chi connectivity index (χ2n) is 3.79. The molecule has 2 aromatic rings. The minimum atomic E-state index is -2.23. The molecule has 0 aliphatic rings. The molecule has 0 aliphatic carbocycles. The lowest BCUT2D eigenvalue weighted by Crippen LogP contribution is -2.06. The molecule has 0 spiro atoms. The lowest BCUT2D eigenvalue weighted by atomic mass is 10.0. The molecule has 0 atom stereocenters. The van der Waals surface area contributed by atoms with E-state index in [9.17, 15) is 22.0 Å². The van der Waals surface area contributed by atoms with E-state index in [-0.39, 0.29) is 12.0 Å². The molecule has 0 unspecified atom stereocenters. The molecule has 2 rings (SSSR count). The summed E-state index contributed by atoms with van der Waals surface area (Å²) in [7, 11) is 0. The fraction of sp³-hybridized carbons (Fsp3) is 0.0769. The van der Waals surface area contributed by atoms with Crippen molar-refractivity contribution in [1.82, 2.24) is 4.98 Å². The van der Waals surface area contributed by atoms with Crippen molar-refractivity contribution in [3.8, 4) is 17.3 Å². The van der Waals surface area contributed by atoms with Crippen LogP contribution in [0.3, 0.4) is 0 Å². The van der Waals surface area contributed by atoms with Crippen LogP contribution in [0, 0.1) is 40.4 Å². The van der Waals surface area contributed by atoms with Crippen LogP contribution >= 0.6 is 0 Å². The zero-order chi connectivity index (χ0) is 14.9. The zero-order valence-electron chi connectivity index (χ0n) is 9.72. The predicted octanol–water partition coefficient (Wildman–Crippen LogP) is 3.51. The number of nitriles is 1. The second-order valence-corrected chi connectivity index (χ2v) is 3.79. The van der Waals surface area contributed by atoms with Crippen LogP contribution in [-0.4, -0.2) is 4.98 Å². The number of benzene rings is 1. The van der Waals surface area contributed by atoms with Gasteiger partial charge >= 0.3 is 0 Å². The minimum Gasteiger partial charge on any atom is -0.256 e. The van der Waals surface area contributed by atoms with Gasteiger partial charge < -0.3 is 0 Å². The van der Waals surface area contributed by atoms with Crippen LogP contribution in [-0.2, 0) is 6.42 Å². The van der Waals surface area contributed by atoms with E-state index in [4.69, 9.17) is 5.26 Å². The summed E-state index contributed by atoms with van der Waals surface area (Å²) in [6.45, 7) is 0. The maximum Gasteiger partial charge on any atom is 0.200 e. The van der Waals surface area contributed by atoms with Gasteiger partial charge in [-0.05, 0) is 11.6 Å².